The molecule has 3 rings (SSSR count). The largest absolute Gasteiger partial charge is 0.383 e. The zero-order valence-corrected chi connectivity index (χ0v) is 16.1. The zero-order chi connectivity index (χ0) is 19.6. The lowest BCUT2D eigenvalue weighted by atomic mass is 10.1. The van der Waals surface area contributed by atoms with Crippen molar-refractivity contribution in [2.24, 2.45) is 0 Å². The van der Waals surface area contributed by atoms with Crippen LogP contribution in [0.3, 0.4) is 0 Å². The molecule has 0 bridgehead atoms. The second-order valence-corrected chi connectivity index (χ2v) is 6.96. The predicted octanol–water partition coefficient (Wildman–Crippen LogP) is 3.91. The molecule has 0 unspecified atom stereocenters. The van der Waals surface area contributed by atoms with Crippen LogP contribution in [0, 0.1) is 10.1 Å². The number of carbonyl (C=O) groups excluding carboxylic acids is 1. The number of nitrogens with one attached hydrogen (secondary N) is 1. The highest BCUT2D eigenvalue weighted by molar-refractivity contribution is 6.36. The van der Waals surface area contributed by atoms with Crippen LogP contribution >= 0.6 is 23.2 Å². The summed E-state index contributed by atoms with van der Waals surface area (Å²) in [7, 11) is 1.65. The molecule has 2 aromatic rings. The number of nitro benzene ring substituents is 1. The van der Waals surface area contributed by atoms with E-state index in [1.54, 1.807) is 42.3 Å². The van der Waals surface area contributed by atoms with Crippen molar-refractivity contribution < 1.29 is 9.72 Å². The van der Waals surface area contributed by atoms with E-state index in [0.29, 0.717) is 47.5 Å². The van der Waals surface area contributed by atoms with Gasteiger partial charge in [0.2, 0.25) is 0 Å². The minimum atomic E-state index is -0.415. The number of hydrogen-bond acceptors (Lipinski definition) is 5. The third-order valence-electron chi connectivity index (χ3n) is 4.54. The van der Waals surface area contributed by atoms with E-state index in [4.69, 9.17) is 23.2 Å². The van der Waals surface area contributed by atoms with Gasteiger partial charge in [-0.3, -0.25) is 14.9 Å². The Balaban J connectivity index is 1.70. The fourth-order valence-corrected chi connectivity index (χ4v) is 3.57. The van der Waals surface area contributed by atoms with E-state index in [1.165, 1.54) is 6.07 Å². The van der Waals surface area contributed by atoms with Crippen LogP contribution in [0.2, 0.25) is 10.0 Å². The highest BCUT2D eigenvalue weighted by Crippen LogP contribution is 2.30. The molecule has 1 amide bonds. The molecule has 1 saturated heterocycles. The Morgan fingerprint density at radius 2 is 1.81 bits per heavy atom. The molecule has 142 valence electrons. The first kappa shape index (κ1) is 19.3. The van der Waals surface area contributed by atoms with E-state index in [1.807, 2.05) is 0 Å². The number of rotatable bonds is 4. The SMILES string of the molecule is CNc1cc(N2CCN(C(=O)c3ccc(Cl)cc3Cl)CC2)ccc1[N+](=O)[O-]. The summed E-state index contributed by atoms with van der Waals surface area (Å²) in [6.45, 7) is 2.31. The summed E-state index contributed by atoms with van der Waals surface area (Å²) >= 11 is 12.0. The molecule has 27 heavy (non-hydrogen) atoms. The third-order valence-corrected chi connectivity index (χ3v) is 5.09. The number of piperazine rings is 1. The van der Waals surface area contributed by atoms with Crippen molar-refractivity contribution in [1.82, 2.24) is 4.90 Å². The maximum absolute atomic E-state index is 12.7. The fraction of sp³-hybridized carbons (Fsp3) is 0.278. The number of hydrogen-bond donors (Lipinski definition) is 1. The Hall–Kier alpha value is -2.51. The molecule has 7 nitrogen and oxygen atoms in total. The van der Waals surface area contributed by atoms with Crippen LogP contribution in [0.25, 0.3) is 0 Å². The Bertz CT molecular complexity index is 883. The first-order valence-corrected chi connectivity index (χ1v) is 9.11. The van der Waals surface area contributed by atoms with Gasteiger partial charge in [-0.2, -0.15) is 0 Å². The van der Waals surface area contributed by atoms with Gasteiger partial charge in [-0.1, -0.05) is 23.2 Å². The van der Waals surface area contributed by atoms with Gasteiger partial charge in [-0.15, -0.1) is 0 Å². The lowest BCUT2D eigenvalue weighted by molar-refractivity contribution is -0.383. The van der Waals surface area contributed by atoms with Crippen molar-refractivity contribution in [3.63, 3.8) is 0 Å². The topological polar surface area (TPSA) is 78.7 Å². The molecule has 9 heteroatoms. The van der Waals surface area contributed by atoms with Crippen LogP contribution in [0.1, 0.15) is 10.4 Å². The molecule has 0 aromatic heterocycles. The second-order valence-electron chi connectivity index (χ2n) is 6.11. The summed E-state index contributed by atoms with van der Waals surface area (Å²) in [5.41, 5.74) is 1.81. The first-order valence-electron chi connectivity index (χ1n) is 8.36. The number of anilines is 2. The van der Waals surface area contributed by atoms with Crippen molar-refractivity contribution in [3.8, 4) is 0 Å². The smallest absolute Gasteiger partial charge is 0.292 e. The highest BCUT2D eigenvalue weighted by Gasteiger charge is 2.25. The van der Waals surface area contributed by atoms with Crippen LogP contribution in [0.5, 0.6) is 0 Å². The number of nitro groups is 1. The van der Waals surface area contributed by atoms with Gasteiger partial charge in [0.05, 0.1) is 15.5 Å². The molecule has 1 fully saturated rings. The molecular formula is C18H18Cl2N4O3. The standard InChI is InChI=1S/C18H18Cl2N4O3/c1-21-16-11-13(3-5-17(16)24(26)27)22-6-8-23(9-7-22)18(25)14-4-2-12(19)10-15(14)20/h2-5,10-11,21H,6-9H2,1H3. The number of amides is 1. The van der Waals surface area contributed by atoms with Crippen LogP contribution < -0.4 is 10.2 Å². The van der Waals surface area contributed by atoms with Crippen LogP contribution in [0.4, 0.5) is 17.1 Å². The van der Waals surface area contributed by atoms with Gasteiger partial charge in [0, 0.05) is 50.0 Å². The molecule has 1 aliphatic rings. The second kappa shape index (κ2) is 8.02. The van der Waals surface area contributed by atoms with Crippen LogP contribution in [-0.4, -0.2) is 49.0 Å². The lowest BCUT2D eigenvalue weighted by Crippen LogP contribution is -2.48. The van der Waals surface area contributed by atoms with E-state index in [9.17, 15) is 14.9 Å². The van der Waals surface area contributed by atoms with Gasteiger partial charge < -0.3 is 15.1 Å². The lowest BCUT2D eigenvalue weighted by Gasteiger charge is -2.36. The van der Waals surface area contributed by atoms with Gasteiger partial charge in [-0.05, 0) is 30.3 Å². The van der Waals surface area contributed by atoms with Crippen LogP contribution in [-0.2, 0) is 0 Å². The van der Waals surface area contributed by atoms with Crippen molar-refractivity contribution >= 4 is 46.2 Å². The molecule has 0 spiro atoms. The Morgan fingerprint density at radius 1 is 1.11 bits per heavy atom. The molecule has 0 aliphatic carbocycles. The Kier molecular flexibility index (Phi) is 5.72. The van der Waals surface area contributed by atoms with E-state index in [-0.39, 0.29) is 11.6 Å². The monoisotopic (exact) mass is 408 g/mol. The summed E-state index contributed by atoms with van der Waals surface area (Å²) in [6, 6.07) is 9.81. The normalized spacial score (nSPS) is 14.2. The zero-order valence-electron chi connectivity index (χ0n) is 14.6. The maximum Gasteiger partial charge on any atom is 0.292 e. The Morgan fingerprint density at radius 3 is 2.41 bits per heavy atom. The number of halogens is 2. The molecule has 0 saturated carbocycles. The summed E-state index contributed by atoms with van der Waals surface area (Å²) in [6.07, 6.45) is 0. The van der Waals surface area contributed by atoms with Crippen molar-refractivity contribution in [3.05, 3.63) is 62.1 Å². The quantitative estimate of drug-likeness (QED) is 0.612. The predicted molar refractivity (Wildman–Crippen MR) is 107 cm³/mol. The van der Waals surface area contributed by atoms with E-state index < -0.39 is 4.92 Å². The molecule has 0 atom stereocenters. The van der Waals surface area contributed by atoms with E-state index in [0.717, 1.165) is 5.69 Å². The summed E-state index contributed by atoms with van der Waals surface area (Å²) in [5.74, 6) is -0.129. The van der Waals surface area contributed by atoms with E-state index >= 15 is 0 Å². The highest BCUT2D eigenvalue weighted by atomic mass is 35.5. The molecule has 1 heterocycles. The molecule has 2 aromatic carbocycles. The third kappa shape index (κ3) is 4.09. The first-order chi connectivity index (χ1) is 12.9. The minimum Gasteiger partial charge on any atom is -0.383 e. The molecule has 0 radical (unpaired) electrons. The van der Waals surface area contributed by atoms with E-state index in [2.05, 4.69) is 10.2 Å². The van der Waals surface area contributed by atoms with Gasteiger partial charge in [0.25, 0.3) is 11.6 Å². The number of carbonyl (C=O) groups is 1. The van der Waals surface area contributed by atoms with Gasteiger partial charge >= 0.3 is 0 Å². The van der Waals surface area contributed by atoms with Crippen molar-refractivity contribution in [1.29, 1.82) is 0 Å². The molecular weight excluding hydrogens is 391 g/mol. The molecule has 1 N–H and O–H groups in total. The van der Waals surface area contributed by atoms with Gasteiger partial charge in [-0.25, -0.2) is 0 Å². The van der Waals surface area contributed by atoms with Gasteiger partial charge in [0.1, 0.15) is 5.69 Å². The number of benzene rings is 2. The van der Waals surface area contributed by atoms with Gasteiger partial charge in [0.15, 0.2) is 0 Å². The summed E-state index contributed by atoms with van der Waals surface area (Å²) < 4.78 is 0. The summed E-state index contributed by atoms with van der Waals surface area (Å²) in [5, 5.41) is 14.7. The fourth-order valence-electron chi connectivity index (χ4n) is 3.08. The van der Waals surface area contributed by atoms with Crippen LogP contribution in [0.15, 0.2) is 36.4 Å². The minimum absolute atomic E-state index is 0.0347. The summed E-state index contributed by atoms with van der Waals surface area (Å²) in [4.78, 5) is 27.2. The Labute approximate surface area is 166 Å². The molecule has 1 aliphatic heterocycles. The van der Waals surface area contributed by atoms with Crippen molar-refractivity contribution in [2.75, 3.05) is 43.4 Å². The number of nitrogens with zero attached hydrogens (tertiary/aromatic N) is 3. The van der Waals surface area contributed by atoms with Crippen molar-refractivity contribution in [2.45, 2.75) is 0 Å². The maximum atomic E-state index is 12.7. The average Bonchev–Trinajstić information content (AvgIpc) is 2.67. The average molecular weight is 409 g/mol.